The standard InChI is InChI=1S/C53H38N2O2S/c1-53(2)49-34-38(26-33-45(49)47-36-52-48(35-50(47)53)46-20-12-13-21-51(46)55(52)41-18-10-5-11-19-41)23-22-37-24-29-43(30-25-37)58(56,57)44-31-27-42(28-32-44)54(39-14-6-3-7-15-39)40-16-8-4-9-17-40/h3-21,24-36H,1-2H3. The minimum Gasteiger partial charge on any atom is -0.311 e. The highest BCUT2D eigenvalue weighted by Crippen LogP contribution is 2.51. The Morgan fingerprint density at radius 2 is 0.983 bits per heavy atom. The average Bonchev–Trinajstić information content (AvgIpc) is 3.71. The molecular formula is C53H38N2O2S. The molecule has 0 aliphatic heterocycles. The maximum absolute atomic E-state index is 13.8. The molecular weight excluding hydrogens is 729 g/mol. The van der Waals surface area contributed by atoms with Crippen LogP contribution in [0, 0.1) is 11.8 Å². The summed E-state index contributed by atoms with van der Waals surface area (Å²) in [5.74, 6) is 6.65. The average molecular weight is 767 g/mol. The van der Waals surface area contributed by atoms with Crippen LogP contribution in [0.3, 0.4) is 0 Å². The van der Waals surface area contributed by atoms with E-state index in [1.54, 1.807) is 36.4 Å². The van der Waals surface area contributed by atoms with Gasteiger partial charge >= 0.3 is 0 Å². The number of hydrogen-bond donors (Lipinski definition) is 0. The zero-order valence-corrected chi connectivity index (χ0v) is 32.9. The van der Waals surface area contributed by atoms with Crippen molar-refractivity contribution >= 4 is 48.7 Å². The van der Waals surface area contributed by atoms with E-state index in [0.717, 1.165) is 33.9 Å². The number of para-hydroxylation sites is 4. The van der Waals surface area contributed by atoms with Gasteiger partial charge in [0.2, 0.25) is 9.84 Å². The molecule has 10 rings (SSSR count). The van der Waals surface area contributed by atoms with Crippen LogP contribution < -0.4 is 4.90 Å². The number of anilines is 3. The van der Waals surface area contributed by atoms with Gasteiger partial charge in [0.05, 0.1) is 20.8 Å². The van der Waals surface area contributed by atoms with Gasteiger partial charge < -0.3 is 9.47 Å². The van der Waals surface area contributed by atoms with E-state index in [2.05, 4.69) is 120 Å². The maximum Gasteiger partial charge on any atom is 0.206 e. The number of hydrogen-bond acceptors (Lipinski definition) is 3. The zero-order valence-electron chi connectivity index (χ0n) is 32.1. The molecule has 4 nitrogen and oxygen atoms in total. The lowest BCUT2D eigenvalue weighted by Gasteiger charge is -2.25. The van der Waals surface area contributed by atoms with Crippen molar-refractivity contribution < 1.29 is 8.42 Å². The smallest absolute Gasteiger partial charge is 0.206 e. The third-order valence-corrected chi connectivity index (χ3v) is 13.2. The van der Waals surface area contributed by atoms with Crippen LogP contribution in [0.4, 0.5) is 17.1 Å². The molecule has 0 unspecified atom stereocenters. The second-order valence-corrected chi connectivity index (χ2v) is 17.2. The highest BCUT2D eigenvalue weighted by Gasteiger charge is 2.36. The lowest BCUT2D eigenvalue weighted by molar-refractivity contribution is 0.596. The Kier molecular flexibility index (Phi) is 8.40. The third-order valence-electron chi connectivity index (χ3n) is 11.4. The van der Waals surface area contributed by atoms with Crippen LogP contribution in [-0.4, -0.2) is 13.0 Å². The molecule has 0 amide bonds. The second kappa shape index (κ2) is 13.8. The molecule has 9 aromatic rings. The van der Waals surface area contributed by atoms with E-state index < -0.39 is 9.84 Å². The number of sulfone groups is 1. The maximum atomic E-state index is 13.8. The highest BCUT2D eigenvalue weighted by molar-refractivity contribution is 7.91. The van der Waals surface area contributed by atoms with Gasteiger partial charge in [-0.3, -0.25) is 0 Å². The minimum absolute atomic E-state index is 0.220. The molecule has 278 valence electrons. The summed E-state index contributed by atoms with van der Waals surface area (Å²) in [6.45, 7) is 4.60. The summed E-state index contributed by atoms with van der Waals surface area (Å²) in [6, 6.07) is 64.5. The van der Waals surface area contributed by atoms with Crippen molar-refractivity contribution in [2.75, 3.05) is 4.90 Å². The van der Waals surface area contributed by atoms with Crippen LogP contribution in [0.5, 0.6) is 0 Å². The molecule has 5 heteroatoms. The first-order chi connectivity index (χ1) is 28.3. The van der Waals surface area contributed by atoms with Crippen LogP contribution in [0.1, 0.15) is 36.1 Å². The SMILES string of the molecule is CC1(C)c2cc(C#Cc3ccc(S(=O)(=O)c4ccc(N(c5ccccc5)c5ccccc5)cc4)cc3)ccc2-c2cc3c(cc21)c1ccccc1n3-c1ccccc1. The first-order valence-corrected chi connectivity index (χ1v) is 20.9. The van der Waals surface area contributed by atoms with Crippen LogP contribution in [-0.2, 0) is 15.3 Å². The molecule has 8 aromatic carbocycles. The molecule has 1 aromatic heterocycles. The van der Waals surface area contributed by atoms with Crippen LogP contribution in [0.2, 0.25) is 0 Å². The Morgan fingerprint density at radius 3 is 1.64 bits per heavy atom. The summed E-state index contributed by atoms with van der Waals surface area (Å²) < 4.78 is 29.9. The Morgan fingerprint density at radius 1 is 0.466 bits per heavy atom. The number of benzene rings is 8. The normalized spacial score (nSPS) is 12.8. The van der Waals surface area contributed by atoms with Crippen molar-refractivity contribution in [2.24, 2.45) is 0 Å². The lowest BCUT2D eigenvalue weighted by atomic mass is 9.81. The largest absolute Gasteiger partial charge is 0.311 e. The Balaban J connectivity index is 0.926. The van der Waals surface area contributed by atoms with E-state index in [9.17, 15) is 8.42 Å². The van der Waals surface area contributed by atoms with Crippen molar-refractivity contribution in [3.63, 3.8) is 0 Å². The van der Waals surface area contributed by atoms with Crippen molar-refractivity contribution in [2.45, 2.75) is 29.1 Å². The molecule has 1 heterocycles. The fourth-order valence-electron chi connectivity index (χ4n) is 8.50. The van der Waals surface area contributed by atoms with Crippen LogP contribution in [0.15, 0.2) is 204 Å². The predicted octanol–water partition coefficient (Wildman–Crippen LogP) is 12.8. The van der Waals surface area contributed by atoms with Crippen molar-refractivity contribution in [1.29, 1.82) is 0 Å². The van der Waals surface area contributed by atoms with Crippen molar-refractivity contribution in [3.05, 3.63) is 216 Å². The molecule has 0 bridgehead atoms. The van der Waals surface area contributed by atoms with E-state index >= 15 is 0 Å². The molecule has 0 atom stereocenters. The van der Waals surface area contributed by atoms with Crippen LogP contribution >= 0.6 is 0 Å². The van der Waals surface area contributed by atoms with Crippen LogP contribution in [0.25, 0.3) is 38.6 Å². The molecule has 0 fully saturated rings. The number of rotatable bonds is 6. The van der Waals surface area contributed by atoms with E-state index in [0.29, 0.717) is 0 Å². The molecule has 1 aliphatic rings. The van der Waals surface area contributed by atoms with Gasteiger partial charge in [-0.1, -0.05) is 105 Å². The summed E-state index contributed by atoms with van der Waals surface area (Å²) in [6.07, 6.45) is 0. The monoisotopic (exact) mass is 766 g/mol. The Bertz CT molecular complexity index is 3140. The van der Waals surface area contributed by atoms with E-state index in [4.69, 9.17) is 0 Å². The highest BCUT2D eigenvalue weighted by atomic mass is 32.2. The topological polar surface area (TPSA) is 42.3 Å². The van der Waals surface area contributed by atoms with Gasteiger partial charge in [0.1, 0.15) is 0 Å². The summed E-state index contributed by atoms with van der Waals surface area (Å²) in [7, 11) is -3.75. The first kappa shape index (κ1) is 35.3. The quantitative estimate of drug-likeness (QED) is 0.158. The molecule has 0 spiro atoms. The molecule has 0 radical (unpaired) electrons. The zero-order chi connectivity index (χ0) is 39.4. The van der Waals surface area contributed by atoms with Gasteiger partial charge in [-0.05, 0) is 138 Å². The first-order valence-electron chi connectivity index (χ1n) is 19.4. The number of fused-ring (bicyclic) bond motifs is 6. The Hall–Kier alpha value is -7.13. The lowest BCUT2D eigenvalue weighted by Crippen LogP contribution is -2.15. The fraction of sp³-hybridized carbons (Fsp3) is 0.0566. The van der Waals surface area contributed by atoms with Crippen molar-refractivity contribution in [1.82, 2.24) is 4.57 Å². The number of nitrogens with zero attached hydrogens (tertiary/aromatic N) is 2. The second-order valence-electron chi connectivity index (χ2n) is 15.3. The summed E-state index contributed by atoms with van der Waals surface area (Å²) in [4.78, 5) is 2.57. The third kappa shape index (κ3) is 5.89. The molecule has 0 N–H and O–H groups in total. The fourth-order valence-corrected chi connectivity index (χ4v) is 9.76. The van der Waals surface area contributed by atoms with E-state index in [1.165, 1.54) is 44.1 Å². The Labute approximate surface area is 339 Å². The van der Waals surface area contributed by atoms with Gasteiger partial charge in [0.25, 0.3) is 0 Å². The van der Waals surface area contributed by atoms with Crippen molar-refractivity contribution in [3.8, 4) is 28.7 Å². The molecule has 0 saturated heterocycles. The van der Waals surface area contributed by atoms with Gasteiger partial charge in [-0.2, -0.15) is 0 Å². The van der Waals surface area contributed by atoms with Gasteiger partial charge in [0, 0.05) is 50.1 Å². The van der Waals surface area contributed by atoms with E-state index in [1.807, 2.05) is 72.8 Å². The summed E-state index contributed by atoms with van der Waals surface area (Å²) in [5.41, 5.74) is 12.9. The summed E-state index contributed by atoms with van der Waals surface area (Å²) in [5, 5.41) is 2.49. The molecule has 1 aliphatic carbocycles. The molecule has 58 heavy (non-hydrogen) atoms. The van der Waals surface area contributed by atoms with Gasteiger partial charge in [-0.15, -0.1) is 0 Å². The van der Waals surface area contributed by atoms with Gasteiger partial charge in [-0.25, -0.2) is 8.42 Å². The van der Waals surface area contributed by atoms with E-state index in [-0.39, 0.29) is 15.2 Å². The molecule has 0 saturated carbocycles. The van der Waals surface area contributed by atoms with Gasteiger partial charge in [0.15, 0.2) is 0 Å². The minimum atomic E-state index is -3.75. The summed E-state index contributed by atoms with van der Waals surface area (Å²) >= 11 is 0. The number of aromatic nitrogens is 1. The predicted molar refractivity (Wildman–Crippen MR) is 237 cm³/mol.